The first-order chi connectivity index (χ1) is 11.8. The highest BCUT2D eigenvalue weighted by molar-refractivity contribution is 14.0. The maximum atomic E-state index is 12.8. The van der Waals surface area contributed by atoms with Crippen LogP contribution in [0.5, 0.6) is 5.75 Å². The van der Waals surface area contributed by atoms with Gasteiger partial charge in [0.15, 0.2) is 5.96 Å². The van der Waals surface area contributed by atoms with Crippen LogP contribution < -0.4 is 5.32 Å². The Hall–Kier alpha value is -1.23. The molecule has 1 fully saturated rings. The Kier molecular flexibility index (Phi) is 8.94. The molecule has 1 aliphatic rings. The third-order valence-electron chi connectivity index (χ3n) is 4.32. The Morgan fingerprint density at radius 1 is 1.19 bits per heavy atom. The van der Waals surface area contributed by atoms with Gasteiger partial charge in [-0.25, -0.2) is 4.99 Å². The number of phenolic OH excluding ortho intramolecular Hbond substituents is 1. The zero-order chi connectivity index (χ0) is 18.4. The molecule has 0 saturated carbocycles. The number of phenols is 1. The highest BCUT2D eigenvalue weighted by Gasteiger charge is 2.41. The molecule has 148 valence electrons. The summed E-state index contributed by atoms with van der Waals surface area (Å²) in [5, 5.41) is 12.5. The van der Waals surface area contributed by atoms with E-state index in [0.717, 1.165) is 5.56 Å². The molecule has 9 heteroatoms. The number of benzene rings is 1. The third kappa shape index (κ3) is 6.49. The number of rotatable bonds is 4. The highest BCUT2D eigenvalue weighted by atomic mass is 127. The molecule has 1 atom stereocenters. The van der Waals surface area contributed by atoms with Gasteiger partial charge in [0.1, 0.15) is 11.8 Å². The molecule has 26 heavy (non-hydrogen) atoms. The van der Waals surface area contributed by atoms with Crippen molar-refractivity contribution in [3.63, 3.8) is 0 Å². The predicted molar refractivity (Wildman–Crippen MR) is 107 cm³/mol. The van der Waals surface area contributed by atoms with Crippen LogP contribution in [0.2, 0.25) is 0 Å². The molecule has 0 radical (unpaired) electrons. The van der Waals surface area contributed by atoms with Crippen molar-refractivity contribution < 1.29 is 18.3 Å². The van der Waals surface area contributed by atoms with E-state index in [2.05, 4.69) is 10.3 Å². The number of nitrogens with zero attached hydrogens (tertiary/aromatic N) is 3. The van der Waals surface area contributed by atoms with E-state index in [9.17, 15) is 18.3 Å². The summed E-state index contributed by atoms with van der Waals surface area (Å²) < 4.78 is 38.5. The number of halogens is 4. The number of aliphatic imine (C=N–C) groups is 1. The summed E-state index contributed by atoms with van der Waals surface area (Å²) in [6, 6.07) is 5.38. The van der Waals surface area contributed by atoms with Gasteiger partial charge in [0, 0.05) is 32.7 Å². The lowest BCUT2D eigenvalue weighted by atomic mass is 10.2. The van der Waals surface area contributed by atoms with Crippen LogP contribution >= 0.6 is 24.0 Å². The number of piperazine rings is 1. The van der Waals surface area contributed by atoms with E-state index in [0.29, 0.717) is 45.2 Å². The van der Waals surface area contributed by atoms with Crippen LogP contribution in [0.1, 0.15) is 19.4 Å². The van der Waals surface area contributed by atoms with E-state index in [1.54, 1.807) is 24.3 Å². The van der Waals surface area contributed by atoms with E-state index in [4.69, 9.17) is 0 Å². The van der Waals surface area contributed by atoms with Crippen LogP contribution in [-0.4, -0.2) is 65.8 Å². The van der Waals surface area contributed by atoms with Crippen LogP contribution in [0.3, 0.4) is 0 Å². The Morgan fingerprint density at radius 2 is 1.77 bits per heavy atom. The molecule has 1 aliphatic heterocycles. The third-order valence-corrected chi connectivity index (χ3v) is 4.32. The number of hydrogen-bond donors (Lipinski definition) is 2. The van der Waals surface area contributed by atoms with Gasteiger partial charge in [0.05, 0.1) is 6.54 Å². The normalized spacial score (nSPS) is 17.6. The number of alkyl halides is 3. The fourth-order valence-corrected chi connectivity index (χ4v) is 2.72. The second-order valence-electron chi connectivity index (χ2n) is 6.08. The summed E-state index contributed by atoms with van der Waals surface area (Å²) in [7, 11) is 0. The molecule has 0 aliphatic carbocycles. The lowest BCUT2D eigenvalue weighted by Gasteiger charge is -2.39. The van der Waals surface area contributed by atoms with Gasteiger partial charge in [-0.2, -0.15) is 13.2 Å². The second kappa shape index (κ2) is 10.2. The number of hydrogen-bond acceptors (Lipinski definition) is 3. The van der Waals surface area contributed by atoms with Gasteiger partial charge >= 0.3 is 6.18 Å². The first-order valence-corrected chi connectivity index (χ1v) is 8.43. The molecule has 0 aromatic heterocycles. The lowest BCUT2D eigenvalue weighted by Crippen LogP contribution is -2.56. The van der Waals surface area contributed by atoms with Crippen molar-refractivity contribution in [1.29, 1.82) is 0 Å². The standard InChI is InChI=1S/C17H25F3N4O.HI/c1-3-21-16(22-12-14-4-6-15(25)7-5-14)24-10-8-23(9-11-24)13(2)17(18,19)20;/h4-7,13,25H,3,8-12H2,1-2H3,(H,21,22);1H. The molecular weight excluding hydrogens is 460 g/mol. The van der Waals surface area contributed by atoms with Crippen molar-refractivity contribution in [3.8, 4) is 5.75 Å². The molecule has 2 N–H and O–H groups in total. The number of guanidine groups is 1. The van der Waals surface area contributed by atoms with Crippen molar-refractivity contribution in [2.45, 2.75) is 32.6 Å². The summed E-state index contributed by atoms with van der Waals surface area (Å²) in [5.41, 5.74) is 0.956. The molecular formula is C17H26F3IN4O. The van der Waals surface area contributed by atoms with Gasteiger partial charge in [0.25, 0.3) is 0 Å². The molecule has 5 nitrogen and oxygen atoms in total. The monoisotopic (exact) mass is 486 g/mol. The summed E-state index contributed by atoms with van der Waals surface area (Å²) in [6.07, 6.45) is -4.19. The average molecular weight is 486 g/mol. The van der Waals surface area contributed by atoms with Crippen molar-refractivity contribution in [1.82, 2.24) is 15.1 Å². The van der Waals surface area contributed by atoms with Crippen LogP contribution in [0.25, 0.3) is 0 Å². The summed E-state index contributed by atoms with van der Waals surface area (Å²) in [6.45, 7) is 6.01. The van der Waals surface area contributed by atoms with Gasteiger partial charge in [-0.15, -0.1) is 24.0 Å². The maximum Gasteiger partial charge on any atom is 0.403 e. The summed E-state index contributed by atoms with van der Waals surface area (Å²) >= 11 is 0. The zero-order valence-electron chi connectivity index (χ0n) is 15.0. The van der Waals surface area contributed by atoms with Gasteiger partial charge < -0.3 is 15.3 Å². The zero-order valence-corrected chi connectivity index (χ0v) is 17.3. The summed E-state index contributed by atoms with van der Waals surface area (Å²) in [5.74, 6) is 0.907. The Bertz CT molecular complexity index is 572. The molecule has 1 heterocycles. The minimum absolute atomic E-state index is 0. The van der Waals surface area contributed by atoms with Crippen LogP contribution in [0.15, 0.2) is 29.3 Å². The molecule has 1 aromatic carbocycles. The fraction of sp³-hybridized carbons (Fsp3) is 0.588. The first-order valence-electron chi connectivity index (χ1n) is 8.43. The van der Waals surface area contributed by atoms with E-state index >= 15 is 0 Å². The van der Waals surface area contributed by atoms with Crippen LogP contribution in [0, 0.1) is 0 Å². The van der Waals surface area contributed by atoms with Crippen LogP contribution in [-0.2, 0) is 6.54 Å². The predicted octanol–water partition coefficient (Wildman–Crippen LogP) is 3.04. The van der Waals surface area contributed by atoms with Gasteiger partial charge in [-0.05, 0) is 31.5 Å². The van der Waals surface area contributed by atoms with Crippen LogP contribution in [0.4, 0.5) is 13.2 Å². The topological polar surface area (TPSA) is 51.1 Å². The largest absolute Gasteiger partial charge is 0.508 e. The average Bonchev–Trinajstić information content (AvgIpc) is 2.59. The van der Waals surface area contributed by atoms with Crippen molar-refractivity contribution in [3.05, 3.63) is 29.8 Å². The second-order valence-corrected chi connectivity index (χ2v) is 6.08. The molecule has 1 saturated heterocycles. The van der Waals surface area contributed by atoms with Crippen molar-refractivity contribution in [2.75, 3.05) is 32.7 Å². The van der Waals surface area contributed by atoms with E-state index < -0.39 is 12.2 Å². The summed E-state index contributed by atoms with van der Waals surface area (Å²) in [4.78, 5) is 8.01. The van der Waals surface area contributed by atoms with Gasteiger partial charge in [-0.3, -0.25) is 4.90 Å². The smallest absolute Gasteiger partial charge is 0.403 e. The molecule has 1 unspecified atom stereocenters. The van der Waals surface area contributed by atoms with Crippen molar-refractivity contribution >= 4 is 29.9 Å². The SMILES string of the molecule is CCNC(=NCc1ccc(O)cc1)N1CCN(C(C)C(F)(F)F)CC1.I. The quantitative estimate of drug-likeness (QED) is 0.391. The minimum Gasteiger partial charge on any atom is -0.508 e. The van der Waals surface area contributed by atoms with E-state index in [1.165, 1.54) is 11.8 Å². The van der Waals surface area contributed by atoms with Crippen molar-refractivity contribution in [2.24, 2.45) is 4.99 Å². The lowest BCUT2D eigenvalue weighted by molar-refractivity contribution is -0.181. The molecule has 2 rings (SSSR count). The van der Waals surface area contributed by atoms with Gasteiger partial charge in [0.2, 0.25) is 0 Å². The van der Waals surface area contributed by atoms with E-state index in [-0.39, 0.29) is 29.7 Å². The first kappa shape index (κ1) is 22.8. The van der Waals surface area contributed by atoms with E-state index in [1.807, 2.05) is 11.8 Å². The number of aromatic hydroxyl groups is 1. The fourth-order valence-electron chi connectivity index (χ4n) is 2.72. The minimum atomic E-state index is -4.19. The Morgan fingerprint density at radius 3 is 2.27 bits per heavy atom. The number of nitrogens with one attached hydrogen (secondary N) is 1. The molecule has 0 spiro atoms. The maximum absolute atomic E-state index is 12.8. The Labute approximate surface area is 169 Å². The van der Waals surface area contributed by atoms with Gasteiger partial charge in [-0.1, -0.05) is 12.1 Å². The molecule has 0 amide bonds. The molecule has 0 bridgehead atoms. The Balaban J connectivity index is 0.00000338. The highest BCUT2D eigenvalue weighted by Crippen LogP contribution is 2.25. The molecule has 1 aromatic rings.